The zero-order valence-corrected chi connectivity index (χ0v) is 16.9. The molecule has 6 atom stereocenters. The van der Waals surface area contributed by atoms with Gasteiger partial charge in [0.2, 0.25) is 12.1 Å². The maximum Gasteiger partial charge on any atom is 0.277 e. The number of aromatic hydroxyl groups is 3. The third-order valence-corrected chi connectivity index (χ3v) is 5.49. The van der Waals surface area contributed by atoms with E-state index in [1.807, 2.05) is 0 Å². The Morgan fingerprint density at radius 2 is 1.70 bits per heavy atom. The number of ketones is 1. The smallest absolute Gasteiger partial charge is 0.277 e. The quantitative estimate of drug-likeness (QED) is 0.237. The van der Waals surface area contributed by atoms with Gasteiger partial charge in [0.05, 0.1) is 6.61 Å². The van der Waals surface area contributed by atoms with Gasteiger partial charge in [0.1, 0.15) is 47.2 Å². The summed E-state index contributed by atoms with van der Waals surface area (Å²) in [5, 5.41) is 79.4. The van der Waals surface area contributed by atoms with Gasteiger partial charge in [-0.25, -0.2) is 0 Å². The fourth-order valence-electron chi connectivity index (χ4n) is 3.76. The van der Waals surface area contributed by atoms with Crippen molar-refractivity contribution in [2.45, 2.75) is 42.9 Å². The SMILES string of the molecule is O=C1c2c(OC3OC(CO)C(O)C(O)C3O)cc(O)cc2OC1(O)Cc1ccc(O)c(O)c1. The van der Waals surface area contributed by atoms with Crippen molar-refractivity contribution in [3.63, 3.8) is 0 Å². The van der Waals surface area contributed by atoms with Crippen LogP contribution in [0.5, 0.6) is 28.7 Å². The summed E-state index contributed by atoms with van der Waals surface area (Å²) >= 11 is 0. The van der Waals surface area contributed by atoms with E-state index >= 15 is 0 Å². The molecule has 0 amide bonds. The van der Waals surface area contributed by atoms with Gasteiger partial charge in [-0.3, -0.25) is 4.79 Å². The van der Waals surface area contributed by atoms with Gasteiger partial charge in [-0.05, 0) is 17.7 Å². The topological polar surface area (TPSA) is 207 Å². The van der Waals surface area contributed by atoms with Crippen molar-refractivity contribution < 1.29 is 59.9 Å². The van der Waals surface area contributed by atoms with Crippen LogP contribution < -0.4 is 9.47 Å². The van der Waals surface area contributed by atoms with E-state index in [9.17, 15) is 45.6 Å². The average molecular weight is 466 g/mol. The Hall–Kier alpha value is -3.13. The number of phenols is 3. The Morgan fingerprint density at radius 3 is 2.36 bits per heavy atom. The molecule has 0 saturated carbocycles. The van der Waals surface area contributed by atoms with Crippen LogP contribution in [0.4, 0.5) is 0 Å². The van der Waals surface area contributed by atoms with Gasteiger partial charge in [0.25, 0.3) is 5.79 Å². The monoisotopic (exact) mass is 466 g/mol. The lowest BCUT2D eigenvalue weighted by molar-refractivity contribution is -0.277. The maximum atomic E-state index is 13.1. The lowest BCUT2D eigenvalue weighted by Crippen LogP contribution is -2.60. The molecule has 12 nitrogen and oxygen atoms in total. The minimum Gasteiger partial charge on any atom is -0.508 e. The largest absolute Gasteiger partial charge is 0.508 e. The molecule has 8 N–H and O–H groups in total. The molecule has 0 bridgehead atoms. The highest BCUT2D eigenvalue weighted by Crippen LogP contribution is 2.44. The Kier molecular flexibility index (Phi) is 5.82. The molecule has 2 aromatic rings. The van der Waals surface area contributed by atoms with Crippen LogP contribution in [0.2, 0.25) is 0 Å². The van der Waals surface area contributed by atoms with Gasteiger partial charge < -0.3 is 55.1 Å². The second-order valence-corrected chi connectivity index (χ2v) is 7.85. The molecule has 0 spiro atoms. The first-order valence-corrected chi connectivity index (χ1v) is 9.85. The number of aliphatic hydroxyl groups excluding tert-OH is 4. The number of hydrogen-bond acceptors (Lipinski definition) is 12. The van der Waals surface area contributed by atoms with Gasteiger partial charge >= 0.3 is 0 Å². The number of aliphatic hydroxyl groups is 5. The van der Waals surface area contributed by atoms with Crippen LogP contribution in [0.15, 0.2) is 30.3 Å². The van der Waals surface area contributed by atoms with Crippen molar-refractivity contribution in [2.75, 3.05) is 6.61 Å². The van der Waals surface area contributed by atoms with E-state index in [1.54, 1.807) is 0 Å². The van der Waals surface area contributed by atoms with Crippen LogP contribution in [0, 0.1) is 0 Å². The number of Topliss-reactive ketones (excluding diaryl/α,β-unsaturated/α-hetero) is 1. The lowest BCUT2D eigenvalue weighted by atomic mass is 9.97. The number of hydrogen-bond donors (Lipinski definition) is 8. The zero-order valence-electron chi connectivity index (χ0n) is 16.9. The standard InChI is InChI=1S/C21H22O12/c22-7-14-16(26)17(27)18(28)20(32-14)31-12-4-9(23)5-13-15(12)19(29)21(30,33-13)6-8-1-2-10(24)11(25)3-8/h1-5,14,16-18,20,22-28,30H,6-7H2. The van der Waals surface area contributed by atoms with E-state index in [4.69, 9.17) is 14.2 Å². The molecule has 1 saturated heterocycles. The van der Waals surface area contributed by atoms with Gasteiger partial charge in [-0.1, -0.05) is 6.07 Å². The van der Waals surface area contributed by atoms with Crippen molar-refractivity contribution in [1.29, 1.82) is 0 Å². The van der Waals surface area contributed by atoms with Crippen LogP contribution in [-0.4, -0.2) is 89.7 Å². The third-order valence-electron chi connectivity index (χ3n) is 5.49. The molecule has 6 unspecified atom stereocenters. The fourth-order valence-corrected chi connectivity index (χ4v) is 3.76. The van der Waals surface area contributed by atoms with Crippen LogP contribution in [0.3, 0.4) is 0 Å². The summed E-state index contributed by atoms with van der Waals surface area (Å²) in [6, 6.07) is 5.71. The predicted octanol–water partition coefficient (Wildman–Crippen LogP) is -1.51. The van der Waals surface area contributed by atoms with Crippen LogP contribution >= 0.6 is 0 Å². The van der Waals surface area contributed by atoms with E-state index in [1.165, 1.54) is 12.1 Å². The van der Waals surface area contributed by atoms with Crippen LogP contribution in [0.1, 0.15) is 15.9 Å². The highest BCUT2D eigenvalue weighted by Gasteiger charge is 2.50. The van der Waals surface area contributed by atoms with E-state index in [0.29, 0.717) is 0 Å². The second-order valence-electron chi connectivity index (χ2n) is 7.85. The Labute approximate surface area is 186 Å². The maximum absolute atomic E-state index is 13.1. The molecule has 4 rings (SSSR count). The molecule has 12 heteroatoms. The Bertz CT molecular complexity index is 1070. The molecular weight excluding hydrogens is 444 g/mol. The normalized spacial score (nSPS) is 31.2. The molecule has 2 aliphatic rings. The Balaban J connectivity index is 1.63. The molecular formula is C21H22O12. The van der Waals surface area contributed by atoms with Gasteiger partial charge in [-0.2, -0.15) is 0 Å². The molecule has 2 heterocycles. The fraction of sp³-hybridized carbons (Fsp3) is 0.381. The summed E-state index contributed by atoms with van der Waals surface area (Å²) in [4.78, 5) is 13.1. The number of carbonyl (C=O) groups excluding carboxylic acids is 1. The molecule has 0 radical (unpaired) electrons. The summed E-state index contributed by atoms with van der Waals surface area (Å²) in [6.07, 6.45) is -8.51. The Morgan fingerprint density at radius 1 is 0.970 bits per heavy atom. The minimum atomic E-state index is -2.45. The molecule has 2 aliphatic heterocycles. The summed E-state index contributed by atoms with van der Waals surface area (Å²) in [5.41, 5.74) is -0.0511. The van der Waals surface area contributed by atoms with Crippen molar-refractivity contribution in [1.82, 2.24) is 0 Å². The third kappa shape index (κ3) is 4.04. The highest BCUT2D eigenvalue weighted by atomic mass is 16.7. The average Bonchev–Trinajstić information content (AvgIpc) is 3.00. The summed E-state index contributed by atoms with van der Waals surface area (Å²) in [5.74, 6) is -5.31. The van der Waals surface area contributed by atoms with Crippen molar-refractivity contribution in [3.8, 4) is 28.7 Å². The molecule has 0 aliphatic carbocycles. The number of carbonyl (C=O) groups is 1. The van der Waals surface area contributed by atoms with Crippen molar-refractivity contribution >= 4 is 5.78 Å². The van der Waals surface area contributed by atoms with E-state index in [2.05, 4.69) is 0 Å². The first-order valence-electron chi connectivity index (χ1n) is 9.85. The van der Waals surface area contributed by atoms with E-state index < -0.39 is 72.6 Å². The van der Waals surface area contributed by atoms with Crippen molar-refractivity contribution in [2.24, 2.45) is 0 Å². The van der Waals surface area contributed by atoms with Gasteiger partial charge in [0.15, 0.2) is 11.5 Å². The summed E-state index contributed by atoms with van der Waals surface area (Å²) in [6.45, 7) is -0.704. The zero-order chi connectivity index (χ0) is 24.1. The second kappa shape index (κ2) is 8.33. The lowest BCUT2D eigenvalue weighted by Gasteiger charge is -2.39. The number of benzene rings is 2. The first-order chi connectivity index (χ1) is 15.5. The molecule has 178 valence electrons. The first kappa shape index (κ1) is 23.0. The highest BCUT2D eigenvalue weighted by molar-refractivity contribution is 6.09. The number of phenolic OH excluding ortho intramolecular Hbond substituents is 3. The molecule has 2 aromatic carbocycles. The molecule has 0 aromatic heterocycles. The van der Waals surface area contributed by atoms with Crippen molar-refractivity contribution in [3.05, 3.63) is 41.5 Å². The number of rotatable bonds is 5. The molecule has 33 heavy (non-hydrogen) atoms. The number of ether oxygens (including phenoxy) is 3. The van der Waals surface area contributed by atoms with E-state index in [0.717, 1.165) is 18.2 Å². The summed E-state index contributed by atoms with van der Waals surface area (Å²) in [7, 11) is 0. The summed E-state index contributed by atoms with van der Waals surface area (Å²) < 4.78 is 16.1. The van der Waals surface area contributed by atoms with Crippen LogP contribution in [-0.2, 0) is 11.2 Å². The minimum absolute atomic E-state index is 0.245. The molecule has 1 fully saturated rings. The predicted molar refractivity (Wildman–Crippen MR) is 106 cm³/mol. The van der Waals surface area contributed by atoms with E-state index in [-0.39, 0.29) is 22.6 Å². The van der Waals surface area contributed by atoms with Gasteiger partial charge in [0, 0.05) is 18.6 Å². The number of fused-ring (bicyclic) bond motifs is 1. The van der Waals surface area contributed by atoms with Crippen LogP contribution in [0.25, 0.3) is 0 Å². The van der Waals surface area contributed by atoms with Gasteiger partial charge in [-0.15, -0.1) is 0 Å².